The SMILES string of the molecule is Cc1cc(N(CC(=O)NC2CCCCCC2)S(C)(=O)=O)ccc1Br. The summed E-state index contributed by atoms with van der Waals surface area (Å²) in [6, 6.07) is 5.43. The van der Waals surface area contributed by atoms with Gasteiger partial charge in [0.25, 0.3) is 0 Å². The van der Waals surface area contributed by atoms with Gasteiger partial charge in [-0.15, -0.1) is 0 Å². The number of anilines is 1. The van der Waals surface area contributed by atoms with Crippen LogP contribution in [0.4, 0.5) is 5.69 Å². The Bertz CT molecular complexity index is 683. The number of hydrogen-bond donors (Lipinski definition) is 1. The van der Waals surface area contributed by atoms with E-state index in [1.807, 2.05) is 6.92 Å². The van der Waals surface area contributed by atoms with Crippen LogP contribution in [0.25, 0.3) is 0 Å². The van der Waals surface area contributed by atoms with Crippen LogP contribution in [0.2, 0.25) is 0 Å². The Morgan fingerprint density at radius 1 is 1.25 bits per heavy atom. The molecule has 1 aromatic carbocycles. The van der Waals surface area contributed by atoms with E-state index in [-0.39, 0.29) is 18.5 Å². The smallest absolute Gasteiger partial charge is 0.240 e. The van der Waals surface area contributed by atoms with Crippen molar-refractivity contribution in [2.45, 2.75) is 51.5 Å². The Balaban J connectivity index is 2.11. The molecule has 0 heterocycles. The third kappa shape index (κ3) is 5.48. The van der Waals surface area contributed by atoms with Gasteiger partial charge in [0.15, 0.2) is 0 Å². The molecule has 0 radical (unpaired) electrons. The Kier molecular flexibility index (Phi) is 6.69. The van der Waals surface area contributed by atoms with E-state index in [1.54, 1.807) is 18.2 Å². The van der Waals surface area contributed by atoms with E-state index in [4.69, 9.17) is 0 Å². The van der Waals surface area contributed by atoms with Crippen molar-refractivity contribution in [3.63, 3.8) is 0 Å². The van der Waals surface area contributed by atoms with Gasteiger partial charge in [-0.1, -0.05) is 41.6 Å². The van der Waals surface area contributed by atoms with Crippen LogP contribution >= 0.6 is 15.9 Å². The first-order chi connectivity index (χ1) is 11.3. The third-order valence-corrected chi connectivity index (χ3v) is 6.37. The van der Waals surface area contributed by atoms with Gasteiger partial charge in [-0.05, 0) is 43.5 Å². The first kappa shape index (κ1) is 19.2. The Morgan fingerprint density at radius 2 is 1.88 bits per heavy atom. The summed E-state index contributed by atoms with van der Waals surface area (Å²) in [6.45, 7) is 1.70. The van der Waals surface area contributed by atoms with Gasteiger partial charge >= 0.3 is 0 Å². The van der Waals surface area contributed by atoms with Gasteiger partial charge in [-0.25, -0.2) is 8.42 Å². The lowest BCUT2D eigenvalue weighted by molar-refractivity contribution is -0.120. The lowest BCUT2D eigenvalue weighted by Gasteiger charge is -2.24. The highest BCUT2D eigenvalue weighted by Crippen LogP contribution is 2.24. The molecule has 1 aliphatic rings. The zero-order valence-corrected chi connectivity index (χ0v) is 16.6. The molecule has 1 fully saturated rings. The molecular weight excluding hydrogens is 392 g/mol. The number of carbonyl (C=O) groups excluding carboxylic acids is 1. The summed E-state index contributed by atoms with van der Waals surface area (Å²) in [4.78, 5) is 12.4. The Morgan fingerprint density at radius 3 is 2.42 bits per heavy atom. The molecule has 1 saturated carbocycles. The standard InChI is InChI=1S/C17H25BrN2O3S/c1-13-11-15(9-10-16(13)18)20(24(2,22)23)12-17(21)19-14-7-5-3-4-6-8-14/h9-11,14H,3-8,12H2,1-2H3,(H,19,21). The average Bonchev–Trinajstić information content (AvgIpc) is 2.75. The predicted molar refractivity (Wildman–Crippen MR) is 101 cm³/mol. The second-order valence-electron chi connectivity index (χ2n) is 6.46. The third-order valence-electron chi connectivity index (χ3n) is 4.34. The van der Waals surface area contributed by atoms with Crippen LogP contribution in [0.1, 0.15) is 44.1 Å². The molecule has 1 amide bonds. The lowest BCUT2D eigenvalue weighted by atomic mass is 10.1. The van der Waals surface area contributed by atoms with Crippen molar-refractivity contribution in [2.24, 2.45) is 0 Å². The number of halogens is 1. The largest absolute Gasteiger partial charge is 0.352 e. The molecule has 1 aromatic rings. The van der Waals surface area contributed by atoms with Gasteiger partial charge < -0.3 is 5.32 Å². The quantitative estimate of drug-likeness (QED) is 0.748. The normalized spacial score (nSPS) is 16.5. The first-order valence-electron chi connectivity index (χ1n) is 8.30. The fraction of sp³-hybridized carbons (Fsp3) is 0.588. The maximum Gasteiger partial charge on any atom is 0.240 e. The first-order valence-corrected chi connectivity index (χ1v) is 10.9. The second-order valence-corrected chi connectivity index (χ2v) is 9.22. The molecule has 5 nitrogen and oxygen atoms in total. The molecule has 0 saturated heterocycles. The second kappa shape index (κ2) is 8.34. The van der Waals surface area contributed by atoms with E-state index >= 15 is 0 Å². The molecule has 2 rings (SSSR count). The molecule has 24 heavy (non-hydrogen) atoms. The highest BCUT2D eigenvalue weighted by molar-refractivity contribution is 9.10. The molecule has 0 atom stereocenters. The maximum absolute atomic E-state index is 12.4. The van der Waals surface area contributed by atoms with Crippen molar-refractivity contribution in [3.05, 3.63) is 28.2 Å². The van der Waals surface area contributed by atoms with Gasteiger partial charge in [0.2, 0.25) is 15.9 Å². The van der Waals surface area contributed by atoms with Crippen LogP contribution in [0.15, 0.2) is 22.7 Å². The fourth-order valence-electron chi connectivity index (χ4n) is 3.01. The van der Waals surface area contributed by atoms with Crippen molar-refractivity contribution in [2.75, 3.05) is 17.1 Å². The van der Waals surface area contributed by atoms with Gasteiger partial charge in [0, 0.05) is 10.5 Å². The number of sulfonamides is 1. The molecule has 0 spiro atoms. The summed E-state index contributed by atoms with van der Waals surface area (Å²) >= 11 is 3.41. The van der Waals surface area contributed by atoms with Gasteiger partial charge in [-0.2, -0.15) is 0 Å². The summed E-state index contributed by atoms with van der Waals surface area (Å²) in [5, 5.41) is 3.00. The minimum Gasteiger partial charge on any atom is -0.352 e. The number of aryl methyl sites for hydroxylation is 1. The van der Waals surface area contributed by atoms with E-state index in [1.165, 1.54) is 17.1 Å². The Labute approximate surface area is 153 Å². The molecule has 0 aliphatic heterocycles. The number of carbonyl (C=O) groups is 1. The summed E-state index contributed by atoms with van der Waals surface area (Å²) in [5.41, 5.74) is 1.43. The van der Waals surface area contributed by atoms with Crippen LogP contribution in [-0.2, 0) is 14.8 Å². The number of hydrogen-bond acceptors (Lipinski definition) is 3. The number of rotatable bonds is 5. The van der Waals surface area contributed by atoms with E-state index in [0.29, 0.717) is 5.69 Å². The summed E-state index contributed by atoms with van der Waals surface area (Å²) in [6.07, 6.45) is 7.73. The zero-order chi connectivity index (χ0) is 17.7. The van der Waals surface area contributed by atoms with E-state index in [9.17, 15) is 13.2 Å². The summed E-state index contributed by atoms with van der Waals surface area (Å²) in [7, 11) is -3.53. The minimum absolute atomic E-state index is 0.160. The van der Waals surface area contributed by atoms with Crippen molar-refractivity contribution in [3.8, 4) is 0 Å². The number of amides is 1. The number of benzene rings is 1. The predicted octanol–water partition coefficient (Wildman–Crippen LogP) is 3.36. The lowest BCUT2D eigenvalue weighted by Crippen LogP contribution is -2.44. The Hall–Kier alpha value is -1.08. The van der Waals surface area contributed by atoms with Gasteiger partial charge in [-0.3, -0.25) is 9.10 Å². The molecular formula is C17H25BrN2O3S. The van der Waals surface area contributed by atoms with Crippen molar-refractivity contribution in [1.82, 2.24) is 5.32 Å². The molecule has 0 unspecified atom stereocenters. The summed E-state index contributed by atoms with van der Waals surface area (Å²) in [5.74, 6) is -0.243. The minimum atomic E-state index is -3.53. The molecule has 1 N–H and O–H groups in total. The van der Waals surface area contributed by atoms with E-state index < -0.39 is 10.0 Å². The average molecular weight is 417 g/mol. The maximum atomic E-state index is 12.4. The molecule has 0 bridgehead atoms. The zero-order valence-electron chi connectivity index (χ0n) is 14.2. The highest BCUT2D eigenvalue weighted by Gasteiger charge is 2.23. The molecule has 134 valence electrons. The van der Waals surface area contributed by atoms with Crippen molar-refractivity contribution >= 4 is 37.5 Å². The van der Waals surface area contributed by atoms with Crippen LogP contribution in [0.5, 0.6) is 0 Å². The van der Waals surface area contributed by atoms with Crippen molar-refractivity contribution < 1.29 is 13.2 Å². The van der Waals surface area contributed by atoms with E-state index in [2.05, 4.69) is 21.2 Å². The van der Waals surface area contributed by atoms with Crippen LogP contribution in [0.3, 0.4) is 0 Å². The van der Waals surface area contributed by atoms with Crippen LogP contribution < -0.4 is 9.62 Å². The summed E-state index contributed by atoms with van der Waals surface area (Å²) < 4.78 is 26.4. The number of nitrogens with zero attached hydrogens (tertiary/aromatic N) is 1. The molecule has 1 aliphatic carbocycles. The van der Waals surface area contributed by atoms with E-state index in [0.717, 1.165) is 42.0 Å². The highest BCUT2D eigenvalue weighted by atomic mass is 79.9. The van der Waals surface area contributed by atoms with Gasteiger partial charge in [0.05, 0.1) is 11.9 Å². The van der Waals surface area contributed by atoms with Crippen LogP contribution in [-0.4, -0.2) is 33.2 Å². The van der Waals surface area contributed by atoms with Gasteiger partial charge in [0.1, 0.15) is 6.54 Å². The number of nitrogens with one attached hydrogen (secondary N) is 1. The van der Waals surface area contributed by atoms with Crippen LogP contribution in [0, 0.1) is 6.92 Å². The topological polar surface area (TPSA) is 66.5 Å². The molecule has 7 heteroatoms. The monoisotopic (exact) mass is 416 g/mol. The molecule has 0 aromatic heterocycles. The fourth-order valence-corrected chi connectivity index (χ4v) is 4.11. The van der Waals surface area contributed by atoms with Crippen molar-refractivity contribution in [1.29, 1.82) is 0 Å².